The van der Waals surface area contributed by atoms with Gasteiger partial charge in [-0.1, -0.05) is 11.5 Å². The van der Waals surface area contributed by atoms with Gasteiger partial charge in [-0.15, -0.1) is 0 Å². The van der Waals surface area contributed by atoms with Gasteiger partial charge in [-0.3, -0.25) is 0 Å². The van der Waals surface area contributed by atoms with E-state index in [0.29, 0.717) is 11.2 Å². The quantitative estimate of drug-likeness (QED) is 0.515. The van der Waals surface area contributed by atoms with Crippen molar-refractivity contribution in [1.29, 1.82) is 0 Å². The lowest BCUT2D eigenvalue weighted by molar-refractivity contribution is 0.418. The molecular formula is C9H6BClN2O. The van der Waals surface area contributed by atoms with Crippen LogP contribution in [-0.4, -0.2) is 24.9 Å². The van der Waals surface area contributed by atoms with Crippen molar-refractivity contribution in [1.82, 2.24) is 9.97 Å². The summed E-state index contributed by atoms with van der Waals surface area (Å²) in [6.45, 7) is 0. The Morgan fingerprint density at radius 1 is 1.43 bits per heavy atom. The van der Waals surface area contributed by atoms with Gasteiger partial charge in [0.2, 0.25) is 5.28 Å². The molecule has 0 aliphatic heterocycles. The maximum absolute atomic E-state index is 5.72. The summed E-state index contributed by atoms with van der Waals surface area (Å²) in [6, 6.07) is 3.49. The molecule has 68 valence electrons. The number of fused-ring (bicyclic) bond motifs is 1. The first-order valence-corrected chi connectivity index (χ1v) is 4.34. The molecule has 0 aliphatic rings. The molecule has 2 aromatic rings. The highest BCUT2D eigenvalue weighted by Gasteiger charge is 2.03. The molecular weight excluding hydrogens is 198 g/mol. The zero-order valence-corrected chi connectivity index (χ0v) is 8.25. The molecule has 0 unspecified atom stereocenters. The Morgan fingerprint density at radius 3 is 2.93 bits per heavy atom. The summed E-state index contributed by atoms with van der Waals surface area (Å²) >= 11 is 5.66. The van der Waals surface area contributed by atoms with Crippen LogP contribution in [0, 0.1) is 0 Å². The first kappa shape index (κ1) is 9.28. The predicted octanol–water partition coefficient (Wildman–Crippen LogP) is 1.09. The summed E-state index contributed by atoms with van der Waals surface area (Å²) in [7, 11) is 7.28. The van der Waals surface area contributed by atoms with Crippen LogP contribution in [0.3, 0.4) is 0 Å². The standard InChI is InChI=1S/C9H6BClN2O/c1-14-8-3-7-5(2-6(8)10)4-12-9(11)13-7/h2-4H,1H3. The van der Waals surface area contributed by atoms with Crippen molar-refractivity contribution >= 4 is 35.8 Å². The minimum atomic E-state index is 0.212. The second-order valence-electron chi connectivity index (χ2n) is 2.79. The Balaban J connectivity index is 2.73. The zero-order valence-electron chi connectivity index (χ0n) is 7.49. The summed E-state index contributed by atoms with van der Waals surface area (Å²) in [6.07, 6.45) is 1.63. The van der Waals surface area contributed by atoms with Gasteiger partial charge in [0.05, 0.1) is 12.6 Å². The van der Waals surface area contributed by atoms with Gasteiger partial charge in [0, 0.05) is 17.6 Å². The van der Waals surface area contributed by atoms with Gasteiger partial charge in [-0.25, -0.2) is 9.97 Å². The zero-order chi connectivity index (χ0) is 10.1. The lowest BCUT2D eigenvalue weighted by atomic mass is 9.93. The Labute approximate surface area is 87.5 Å². The van der Waals surface area contributed by atoms with Crippen LogP contribution >= 0.6 is 11.6 Å². The number of methoxy groups -OCH3 is 1. The van der Waals surface area contributed by atoms with E-state index in [-0.39, 0.29) is 5.28 Å². The van der Waals surface area contributed by atoms with E-state index < -0.39 is 0 Å². The second-order valence-corrected chi connectivity index (χ2v) is 3.13. The lowest BCUT2D eigenvalue weighted by Crippen LogP contribution is -2.07. The molecule has 5 heteroatoms. The van der Waals surface area contributed by atoms with E-state index in [1.54, 1.807) is 25.4 Å². The molecule has 0 atom stereocenters. The van der Waals surface area contributed by atoms with Crippen LogP contribution in [0.2, 0.25) is 5.28 Å². The van der Waals surface area contributed by atoms with Crippen molar-refractivity contribution in [2.45, 2.75) is 0 Å². The fraction of sp³-hybridized carbons (Fsp3) is 0.111. The van der Waals surface area contributed by atoms with E-state index in [4.69, 9.17) is 24.2 Å². The average molecular weight is 204 g/mol. The van der Waals surface area contributed by atoms with E-state index in [0.717, 1.165) is 10.9 Å². The Kier molecular flexibility index (Phi) is 2.29. The van der Waals surface area contributed by atoms with Crippen LogP contribution in [-0.2, 0) is 0 Å². The fourth-order valence-corrected chi connectivity index (χ4v) is 1.37. The van der Waals surface area contributed by atoms with Crippen molar-refractivity contribution in [3.8, 4) is 5.75 Å². The van der Waals surface area contributed by atoms with Crippen LogP contribution < -0.4 is 10.2 Å². The number of rotatable bonds is 1. The molecule has 0 amide bonds. The minimum absolute atomic E-state index is 0.212. The number of ether oxygens (including phenoxy) is 1. The first-order chi connectivity index (χ1) is 6.70. The van der Waals surface area contributed by atoms with Crippen LogP contribution in [0.4, 0.5) is 0 Å². The molecule has 0 saturated carbocycles. The third kappa shape index (κ3) is 1.53. The number of nitrogens with zero attached hydrogens (tertiary/aromatic N) is 2. The molecule has 0 bridgehead atoms. The van der Waals surface area contributed by atoms with Crippen molar-refractivity contribution in [3.63, 3.8) is 0 Å². The number of benzene rings is 1. The Morgan fingerprint density at radius 2 is 2.21 bits per heavy atom. The van der Waals surface area contributed by atoms with Gasteiger partial charge in [0.25, 0.3) is 0 Å². The van der Waals surface area contributed by atoms with Crippen LogP contribution in [0.25, 0.3) is 10.9 Å². The topological polar surface area (TPSA) is 35.0 Å². The summed E-state index contributed by atoms with van der Waals surface area (Å²) in [4.78, 5) is 7.91. The first-order valence-electron chi connectivity index (χ1n) is 3.96. The molecule has 0 spiro atoms. The molecule has 14 heavy (non-hydrogen) atoms. The largest absolute Gasteiger partial charge is 0.497 e. The summed E-state index contributed by atoms with van der Waals surface area (Å²) in [5, 5.41) is 1.05. The molecule has 1 heterocycles. The van der Waals surface area contributed by atoms with Crippen molar-refractivity contribution in [2.75, 3.05) is 7.11 Å². The number of hydrogen-bond donors (Lipinski definition) is 0. The van der Waals surface area contributed by atoms with E-state index >= 15 is 0 Å². The van der Waals surface area contributed by atoms with Gasteiger partial charge in [-0.2, -0.15) is 0 Å². The molecule has 0 saturated heterocycles. The van der Waals surface area contributed by atoms with Gasteiger partial charge in [0.15, 0.2) is 0 Å². The maximum Gasteiger partial charge on any atom is 0.222 e. The number of halogens is 1. The molecule has 0 N–H and O–H groups in total. The lowest BCUT2D eigenvalue weighted by Gasteiger charge is -2.06. The van der Waals surface area contributed by atoms with Gasteiger partial charge >= 0.3 is 0 Å². The predicted molar refractivity (Wildman–Crippen MR) is 56.5 cm³/mol. The van der Waals surface area contributed by atoms with E-state index in [2.05, 4.69) is 9.97 Å². The van der Waals surface area contributed by atoms with Crippen LogP contribution in [0.5, 0.6) is 5.75 Å². The summed E-state index contributed by atoms with van der Waals surface area (Å²) in [5.74, 6) is 0.590. The summed E-state index contributed by atoms with van der Waals surface area (Å²) < 4.78 is 5.06. The van der Waals surface area contributed by atoms with E-state index in [1.165, 1.54) is 0 Å². The molecule has 2 rings (SSSR count). The molecule has 2 radical (unpaired) electrons. The minimum Gasteiger partial charge on any atom is -0.497 e. The normalized spacial score (nSPS) is 10.4. The monoisotopic (exact) mass is 204 g/mol. The highest BCUT2D eigenvalue weighted by molar-refractivity contribution is 6.35. The third-order valence-corrected chi connectivity index (χ3v) is 2.08. The molecule has 0 fully saturated rings. The highest BCUT2D eigenvalue weighted by atomic mass is 35.5. The summed E-state index contributed by atoms with van der Waals surface area (Å²) in [5.41, 5.74) is 1.28. The second kappa shape index (κ2) is 3.46. The van der Waals surface area contributed by atoms with Crippen LogP contribution in [0.1, 0.15) is 0 Å². The molecule has 1 aromatic carbocycles. The van der Waals surface area contributed by atoms with Gasteiger partial charge in [-0.05, 0) is 11.6 Å². The average Bonchev–Trinajstić information content (AvgIpc) is 2.17. The highest BCUT2D eigenvalue weighted by Crippen LogP contribution is 2.16. The fourth-order valence-electron chi connectivity index (χ4n) is 1.23. The number of aromatic nitrogens is 2. The molecule has 0 aliphatic carbocycles. The van der Waals surface area contributed by atoms with Crippen molar-refractivity contribution in [2.24, 2.45) is 0 Å². The Hall–Kier alpha value is -1.29. The number of hydrogen-bond acceptors (Lipinski definition) is 3. The van der Waals surface area contributed by atoms with E-state index in [9.17, 15) is 0 Å². The third-order valence-electron chi connectivity index (χ3n) is 1.90. The Bertz CT molecular complexity index is 489. The van der Waals surface area contributed by atoms with Crippen LogP contribution in [0.15, 0.2) is 18.3 Å². The van der Waals surface area contributed by atoms with E-state index in [1.807, 2.05) is 0 Å². The smallest absolute Gasteiger partial charge is 0.222 e. The molecule has 1 aromatic heterocycles. The van der Waals surface area contributed by atoms with Gasteiger partial charge < -0.3 is 4.74 Å². The molecule has 3 nitrogen and oxygen atoms in total. The van der Waals surface area contributed by atoms with Crippen molar-refractivity contribution < 1.29 is 4.74 Å². The van der Waals surface area contributed by atoms with Crippen molar-refractivity contribution in [3.05, 3.63) is 23.6 Å². The van der Waals surface area contributed by atoms with Gasteiger partial charge in [0.1, 0.15) is 13.6 Å². The maximum atomic E-state index is 5.72. The SMILES string of the molecule is [B]c1cc2cnc(Cl)nc2cc1OC.